The fraction of sp³-hybridized carbons (Fsp3) is 1.00. The van der Waals surface area contributed by atoms with E-state index in [0.29, 0.717) is 0 Å². The summed E-state index contributed by atoms with van der Waals surface area (Å²) in [6, 6.07) is 0. The van der Waals surface area contributed by atoms with E-state index in [9.17, 15) is 0 Å². The van der Waals surface area contributed by atoms with Crippen LogP contribution in [0.1, 0.15) is 92.9 Å². The molecule has 4 heteroatoms. The van der Waals surface area contributed by atoms with Gasteiger partial charge in [-0.15, -0.1) is 0 Å². The molecular weight excluding hydrogens is 452 g/mol. The minimum absolute atomic E-state index is 0. The Bertz CT molecular complexity index is 233. The molecule has 0 aliphatic rings. The first kappa shape index (κ1) is 31.6. The van der Waals surface area contributed by atoms with E-state index >= 15 is 0 Å². The van der Waals surface area contributed by atoms with Crippen LogP contribution in [0.3, 0.4) is 0 Å². The third-order valence-electron chi connectivity index (χ3n) is 7.04. The van der Waals surface area contributed by atoms with Gasteiger partial charge < -0.3 is 42.9 Å². The molecule has 0 aliphatic carbocycles. The molecular formula is C22H50Br2N2. The number of hydrogen-bond donors (Lipinski definition) is 0. The zero-order valence-electron chi connectivity index (χ0n) is 19.0. The highest BCUT2D eigenvalue weighted by Gasteiger charge is 2.20. The molecule has 0 saturated heterocycles. The van der Waals surface area contributed by atoms with Gasteiger partial charge in [0.15, 0.2) is 0 Å². The van der Waals surface area contributed by atoms with Crippen molar-refractivity contribution in [1.82, 2.24) is 0 Å². The van der Waals surface area contributed by atoms with Crippen molar-refractivity contribution in [1.29, 1.82) is 0 Å². The van der Waals surface area contributed by atoms with Gasteiger partial charge in [-0.25, -0.2) is 0 Å². The van der Waals surface area contributed by atoms with Crippen molar-refractivity contribution in [3.63, 3.8) is 0 Å². The van der Waals surface area contributed by atoms with E-state index in [1.54, 1.807) is 0 Å². The summed E-state index contributed by atoms with van der Waals surface area (Å²) in [7, 11) is 0. The fourth-order valence-corrected chi connectivity index (χ4v) is 4.25. The molecule has 0 saturated carbocycles. The van der Waals surface area contributed by atoms with E-state index < -0.39 is 0 Å². The van der Waals surface area contributed by atoms with Gasteiger partial charge in [-0.3, -0.25) is 0 Å². The Labute approximate surface area is 187 Å². The van der Waals surface area contributed by atoms with Crippen molar-refractivity contribution >= 4 is 0 Å². The second-order valence-electron chi connectivity index (χ2n) is 7.86. The summed E-state index contributed by atoms with van der Waals surface area (Å²) in [5.74, 6) is 0. The fourth-order valence-electron chi connectivity index (χ4n) is 4.25. The van der Waals surface area contributed by atoms with E-state index in [1.165, 1.54) is 113 Å². The van der Waals surface area contributed by atoms with Crippen LogP contribution < -0.4 is 34.0 Å². The van der Waals surface area contributed by atoms with Crippen LogP contribution in [0.5, 0.6) is 0 Å². The molecule has 0 fully saturated rings. The summed E-state index contributed by atoms with van der Waals surface area (Å²) in [6.45, 7) is 24.8. The molecule has 0 spiro atoms. The smallest absolute Gasteiger partial charge is 0.0786 e. The molecule has 0 N–H and O–H groups in total. The van der Waals surface area contributed by atoms with Gasteiger partial charge in [0.25, 0.3) is 0 Å². The lowest BCUT2D eigenvalue weighted by Gasteiger charge is -2.36. The second kappa shape index (κ2) is 19.2. The molecule has 0 aromatic heterocycles. The summed E-state index contributed by atoms with van der Waals surface area (Å²) in [6.07, 6.45) is 11.6. The molecule has 0 bridgehead atoms. The molecule has 0 aromatic carbocycles. The Hall–Kier alpha value is 0.880. The maximum absolute atomic E-state index is 2.36. The molecule has 0 heterocycles. The van der Waals surface area contributed by atoms with Gasteiger partial charge in [0.05, 0.1) is 52.4 Å². The van der Waals surface area contributed by atoms with Gasteiger partial charge in [0, 0.05) is 0 Å². The summed E-state index contributed by atoms with van der Waals surface area (Å²) in [5.41, 5.74) is 0. The molecule has 162 valence electrons. The number of unbranched alkanes of at least 4 members (excludes halogenated alkanes) is 7. The summed E-state index contributed by atoms with van der Waals surface area (Å²) in [4.78, 5) is 0. The lowest BCUT2D eigenvalue weighted by Crippen LogP contribution is -3.00. The van der Waals surface area contributed by atoms with E-state index in [1.807, 2.05) is 0 Å². The van der Waals surface area contributed by atoms with Crippen LogP contribution in [0, 0.1) is 0 Å². The van der Waals surface area contributed by atoms with Crippen molar-refractivity contribution in [2.75, 3.05) is 52.4 Å². The second-order valence-corrected chi connectivity index (χ2v) is 7.86. The first-order valence-electron chi connectivity index (χ1n) is 11.3. The number of halogens is 2. The first-order valence-corrected chi connectivity index (χ1v) is 11.3. The molecule has 2 nitrogen and oxygen atoms in total. The number of hydrogen-bond acceptors (Lipinski definition) is 0. The number of nitrogens with zero attached hydrogens (tertiary/aromatic N) is 2. The Kier molecular flexibility index (Phi) is 23.3. The highest BCUT2D eigenvalue weighted by Crippen LogP contribution is 2.14. The molecule has 0 unspecified atom stereocenters. The highest BCUT2D eigenvalue weighted by atomic mass is 79.9. The van der Waals surface area contributed by atoms with Crippen LogP contribution in [0.2, 0.25) is 0 Å². The van der Waals surface area contributed by atoms with Gasteiger partial charge in [-0.05, 0) is 67.2 Å². The minimum Gasteiger partial charge on any atom is -1.00 e. The van der Waals surface area contributed by atoms with Crippen LogP contribution in [-0.4, -0.2) is 61.3 Å². The van der Waals surface area contributed by atoms with Crippen LogP contribution in [0.15, 0.2) is 0 Å². The van der Waals surface area contributed by atoms with Crippen molar-refractivity contribution in [2.45, 2.75) is 92.9 Å². The van der Waals surface area contributed by atoms with E-state index in [2.05, 4.69) is 41.5 Å². The van der Waals surface area contributed by atoms with E-state index in [-0.39, 0.29) is 34.0 Å². The average Bonchev–Trinajstić information content (AvgIpc) is 2.64. The first-order chi connectivity index (χ1) is 11.6. The maximum atomic E-state index is 2.36. The average molecular weight is 502 g/mol. The molecule has 26 heavy (non-hydrogen) atoms. The molecule has 0 atom stereocenters. The quantitative estimate of drug-likeness (QED) is 0.192. The predicted molar refractivity (Wildman–Crippen MR) is 110 cm³/mol. The SMILES string of the molecule is CC[N+](CC)(CC)CCCCCCCCCC[N+](CC)(CC)CC.[Br-].[Br-]. The van der Waals surface area contributed by atoms with Crippen LogP contribution in [-0.2, 0) is 0 Å². The van der Waals surface area contributed by atoms with Crippen molar-refractivity contribution in [2.24, 2.45) is 0 Å². The summed E-state index contributed by atoms with van der Waals surface area (Å²) < 4.78 is 2.65. The zero-order valence-corrected chi connectivity index (χ0v) is 22.1. The number of quaternary nitrogens is 2. The van der Waals surface area contributed by atoms with Crippen molar-refractivity contribution in [3.05, 3.63) is 0 Å². The summed E-state index contributed by atoms with van der Waals surface area (Å²) in [5, 5.41) is 0. The van der Waals surface area contributed by atoms with Crippen molar-refractivity contribution < 1.29 is 42.9 Å². The lowest BCUT2D eigenvalue weighted by atomic mass is 10.1. The largest absolute Gasteiger partial charge is 1.00 e. The van der Waals surface area contributed by atoms with Gasteiger partial charge in [-0.2, -0.15) is 0 Å². The summed E-state index contributed by atoms with van der Waals surface area (Å²) >= 11 is 0. The minimum atomic E-state index is 0. The van der Waals surface area contributed by atoms with Crippen LogP contribution in [0.4, 0.5) is 0 Å². The topological polar surface area (TPSA) is 0 Å². The maximum Gasteiger partial charge on any atom is 0.0786 e. The number of rotatable bonds is 17. The molecule has 0 radical (unpaired) electrons. The van der Waals surface area contributed by atoms with Gasteiger partial charge in [-0.1, -0.05) is 25.7 Å². The Morgan fingerprint density at radius 1 is 0.346 bits per heavy atom. The monoisotopic (exact) mass is 500 g/mol. The van der Waals surface area contributed by atoms with E-state index in [0.717, 1.165) is 0 Å². The third-order valence-corrected chi connectivity index (χ3v) is 7.04. The highest BCUT2D eigenvalue weighted by molar-refractivity contribution is 4.49. The third kappa shape index (κ3) is 12.4. The van der Waals surface area contributed by atoms with E-state index in [4.69, 9.17) is 0 Å². The molecule has 0 aliphatic heterocycles. The van der Waals surface area contributed by atoms with Gasteiger partial charge in [0.1, 0.15) is 0 Å². The van der Waals surface area contributed by atoms with Gasteiger partial charge >= 0.3 is 0 Å². The van der Waals surface area contributed by atoms with Crippen LogP contribution >= 0.6 is 0 Å². The standard InChI is InChI=1S/C22H50N2.2BrH/c1-7-23(8-2,9-3)21-19-17-15-13-14-16-18-20-22-24(10-4,11-5)12-6;;/h7-22H2,1-6H3;2*1H/q+2;;/p-2. The predicted octanol–water partition coefficient (Wildman–Crippen LogP) is -0.132. The molecule has 0 amide bonds. The Morgan fingerprint density at radius 3 is 0.731 bits per heavy atom. The van der Waals surface area contributed by atoms with Gasteiger partial charge in [0.2, 0.25) is 0 Å². The van der Waals surface area contributed by atoms with Crippen LogP contribution in [0.25, 0.3) is 0 Å². The normalized spacial score (nSPS) is 11.8. The molecule has 0 aromatic rings. The Balaban J connectivity index is -0.00000264. The molecule has 0 rings (SSSR count). The lowest BCUT2D eigenvalue weighted by molar-refractivity contribution is -0.923. The Morgan fingerprint density at radius 2 is 0.538 bits per heavy atom. The zero-order chi connectivity index (χ0) is 18.3. The van der Waals surface area contributed by atoms with Crippen molar-refractivity contribution in [3.8, 4) is 0 Å².